The van der Waals surface area contributed by atoms with E-state index >= 15 is 0 Å². The summed E-state index contributed by atoms with van der Waals surface area (Å²) in [5.74, 6) is -0.676. The predicted molar refractivity (Wildman–Crippen MR) is 176 cm³/mol. The van der Waals surface area contributed by atoms with Gasteiger partial charge in [0, 0.05) is 30.6 Å². The summed E-state index contributed by atoms with van der Waals surface area (Å²) in [5.41, 5.74) is 6.64. The molecule has 4 nitrogen and oxygen atoms in total. The van der Waals surface area contributed by atoms with E-state index in [-0.39, 0.29) is 6.17 Å². The average Bonchev–Trinajstić information content (AvgIpc) is 3.35. The number of rotatable bonds is 19. The SMILES string of the molecule is CCCCCCN1C(c2ccccc2)=C(c2ccccc2)N(CCCCCCCCCCC(=O)O)C1c1ccccc1. The molecule has 1 aliphatic heterocycles. The molecule has 0 aliphatic carbocycles. The van der Waals surface area contributed by atoms with Crippen molar-refractivity contribution in [2.45, 2.75) is 96.6 Å². The van der Waals surface area contributed by atoms with Gasteiger partial charge in [-0.1, -0.05) is 156 Å². The van der Waals surface area contributed by atoms with Gasteiger partial charge in [-0.3, -0.25) is 4.79 Å². The van der Waals surface area contributed by atoms with Crippen molar-refractivity contribution in [3.63, 3.8) is 0 Å². The normalized spacial score (nSPS) is 15.0. The van der Waals surface area contributed by atoms with Gasteiger partial charge in [0.1, 0.15) is 6.17 Å². The molecule has 1 unspecified atom stereocenters. The third kappa shape index (κ3) is 8.98. The van der Waals surface area contributed by atoms with Gasteiger partial charge >= 0.3 is 5.97 Å². The Balaban J connectivity index is 1.57. The highest BCUT2D eigenvalue weighted by Gasteiger charge is 2.39. The lowest BCUT2D eigenvalue weighted by Crippen LogP contribution is -2.34. The van der Waals surface area contributed by atoms with Crippen molar-refractivity contribution in [2.24, 2.45) is 0 Å². The summed E-state index contributed by atoms with van der Waals surface area (Å²) in [6, 6.07) is 33.1. The molecule has 0 saturated heterocycles. The molecule has 42 heavy (non-hydrogen) atoms. The number of carboxylic acids is 1. The highest BCUT2D eigenvalue weighted by atomic mass is 16.4. The highest BCUT2D eigenvalue weighted by molar-refractivity contribution is 5.91. The van der Waals surface area contributed by atoms with Gasteiger partial charge in [-0.2, -0.15) is 0 Å². The van der Waals surface area contributed by atoms with Crippen molar-refractivity contribution in [3.8, 4) is 0 Å². The van der Waals surface area contributed by atoms with Crippen LogP contribution in [-0.2, 0) is 4.79 Å². The van der Waals surface area contributed by atoms with Gasteiger partial charge in [-0.05, 0) is 24.8 Å². The molecule has 0 bridgehead atoms. The largest absolute Gasteiger partial charge is 0.481 e. The summed E-state index contributed by atoms with van der Waals surface area (Å²) in [4.78, 5) is 16.1. The Morgan fingerprint density at radius 1 is 0.571 bits per heavy atom. The van der Waals surface area contributed by atoms with Crippen molar-refractivity contribution in [2.75, 3.05) is 13.1 Å². The number of aliphatic carboxylic acids is 1. The monoisotopic (exact) mass is 566 g/mol. The number of hydrogen-bond donors (Lipinski definition) is 1. The second kappa shape index (κ2) is 17.4. The maximum atomic E-state index is 10.7. The van der Waals surface area contributed by atoms with E-state index in [0.29, 0.717) is 6.42 Å². The van der Waals surface area contributed by atoms with Crippen LogP contribution >= 0.6 is 0 Å². The van der Waals surface area contributed by atoms with Crippen LogP contribution < -0.4 is 0 Å². The quantitative estimate of drug-likeness (QED) is 0.147. The molecule has 0 radical (unpaired) electrons. The van der Waals surface area contributed by atoms with Crippen LogP contribution in [0.2, 0.25) is 0 Å². The summed E-state index contributed by atoms with van der Waals surface area (Å²) in [6.07, 6.45) is 14.5. The van der Waals surface area contributed by atoms with Gasteiger partial charge in [-0.25, -0.2) is 0 Å². The molecule has 0 spiro atoms. The van der Waals surface area contributed by atoms with E-state index in [1.807, 2.05) is 0 Å². The maximum Gasteiger partial charge on any atom is 0.303 e. The molecule has 0 aromatic heterocycles. The summed E-state index contributed by atoms with van der Waals surface area (Å²) >= 11 is 0. The first-order chi connectivity index (χ1) is 20.7. The first-order valence-corrected chi connectivity index (χ1v) is 16.4. The minimum atomic E-state index is -0.676. The van der Waals surface area contributed by atoms with Crippen molar-refractivity contribution in [1.82, 2.24) is 9.80 Å². The summed E-state index contributed by atoms with van der Waals surface area (Å²) < 4.78 is 0. The van der Waals surface area contributed by atoms with Gasteiger partial charge in [-0.15, -0.1) is 0 Å². The lowest BCUT2D eigenvalue weighted by Gasteiger charge is -2.36. The van der Waals surface area contributed by atoms with E-state index in [2.05, 4.69) is 108 Å². The molecule has 3 aromatic carbocycles. The number of hydrogen-bond acceptors (Lipinski definition) is 3. The van der Waals surface area contributed by atoms with E-state index in [0.717, 1.165) is 38.8 Å². The topological polar surface area (TPSA) is 43.8 Å². The fraction of sp³-hybridized carbons (Fsp3) is 0.447. The van der Waals surface area contributed by atoms with E-state index in [9.17, 15) is 4.79 Å². The van der Waals surface area contributed by atoms with Crippen LogP contribution in [0, 0.1) is 0 Å². The fourth-order valence-corrected chi connectivity index (χ4v) is 6.26. The zero-order chi connectivity index (χ0) is 29.4. The summed E-state index contributed by atoms with van der Waals surface area (Å²) in [6.45, 7) is 4.34. The third-order valence-electron chi connectivity index (χ3n) is 8.37. The fourth-order valence-electron chi connectivity index (χ4n) is 6.26. The van der Waals surface area contributed by atoms with Crippen LogP contribution in [0.5, 0.6) is 0 Å². The highest BCUT2D eigenvalue weighted by Crippen LogP contribution is 2.48. The first kappa shape index (κ1) is 31.4. The van der Waals surface area contributed by atoms with Crippen molar-refractivity contribution >= 4 is 17.4 Å². The van der Waals surface area contributed by atoms with Crippen molar-refractivity contribution < 1.29 is 9.90 Å². The Kier molecular flexibility index (Phi) is 13.0. The maximum absolute atomic E-state index is 10.7. The lowest BCUT2D eigenvalue weighted by molar-refractivity contribution is -0.137. The Morgan fingerprint density at radius 2 is 0.976 bits per heavy atom. The van der Waals surface area contributed by atoms with Gasteiger partial charge in [0.05, 0.1) is 11.4 Å². The molecule has 1 N–H and O–H groups in total. The van der Waals surface area contributed by atoms with Crippen LogP contribution in [0.4, 0.5) is 0 Å². The van der Waals surface area contributed by atoms with Gasteiger partial charge in [0.15, 0.2) is 0 Å². The standard InChI is InChI=1S/C38H50N2O2/c1-2-3-4-21-30-39-36(32-23-14-11-15-24-32)37(33-25-16-12-17-26-33)40(38(39)34-27-18-13-19-28-34)31-22-10-8-6-5-7-9-20-29-35(41)42/h11-19,23-28,38H,2-10,20-22,29-31H2,1H3,(H,41,42). The predicted octanol–water partition coefficient (Wildman–Crippen LogP) is 10.0. The molecular weight excluding hydrogens is 516 g/mol. The molecule has 4 heteroatoms. The van der Waals surface area contributed by atoms with Gasteiger partial charge in [0.25, 0.3) is 0 Å². The minimum absolute atomic E-state index is 0.174. The molecule has 0 amide bonds. The average molecular weight is 567 g/mol. The number of carbonyl (C=O) groups is 1. The Morgan fingerprint density at radius 3 is 1.43 bits per heavy atom. The molecule has 0 fully saturated rings. The Labute approximate surface area is 254 Å². The number of carboxylic acid groups (broad SMARTS) is 1. The van der Waals surface area contributed by atoms with Crippen LogP contribution in [0.3, 0.4) is 0 Å². The summed E-state index contributed by atoms with van der Waals surface area (Å²) in [5, 5.41) is 8.84. The molecule has 1 aliphatic rings. The second-order valence-electron chi connectivity index (χ2n) is 11.6. The Bertz CT molecular complexity index is 1210. The number of unbranched alkanes of at least 4 members (excludes halogenated alkanes) is 10. The molecule has 0 saturated carbocycles. The Hall–Kier alpha value is -3.53. The van der Waals surface area contributed by atoms with Crippen LogP contribution in [0.25, 0.3) is 11.4 Å². The number of benzene rings is 3. The zero-order valence-electron chi connectivity index (χ0n) is 25.6. The molecule has 1 atom stereocenters. The van der Waals surface area contributed by atoms with Crippen LogP contribution in [0.15, 0.2) is 91.0 Å². The smallest absolute Gasteiger partial charge is 0.303 e. The summed E-state index contributed by atoms with van der Waals surface area (Å²) in [7, 11) is 0. The van der Waals surface area contributed by atoms with Crippen LogP contribution in [-0.4, -0.2) is 34.0 Å². The number of nitrogens with zero attached hydrogens (tertiary/aromatic N) is 2. The lowest BCUT2D eigenvalue weighted by atomic mass is 10.0. The van der Waals surface area contributed by atoms with Crippen molar-refractivity contribution in [3.05, 3.63) is 108 Å². The van der Waals surface area contributed by atoms with E-state index < -0.39 is 5.97 Å². The molecule has 4 rings (SSSR count). The van der Waals surface area contributed by atoms with E-state index in [1.54, 1.807) is 0 Å². The molecular formula is C38H50N2O2. The molecule has 224 valence electrons. The molecule has 1 heterocycles. The first-order valence-electron chi connectivity index (χ1n) is 16.4. The second-order valence-corrected chi connectivity index (χ2v) is 11.6. The minimum Gasteiger partial charge on any atom is -0.481 e. The van der Waals surface area contributed by atoms with Gasteiger partial charge in [0.2, 0.25) is 0 Å². The third-order valence-corrected chi connectivity index (χ3v) is 8.37. The zero-order valence-corrected chi connectivity index (χ0v) is 25.6. The van der Waals surface area contributed by atoms with E-state index in [1.165, 1.54) is 79.5 Å². The van der Waals surface area contributed by atoms with Gasteiger partial charge < -0.3 is 14.9 Å². The molecule has 3 aromatic rings. The van der Waals surface area contributed by atoms with E-state index in [4.69, 9.17) is 5.11 Å². The van der Waals surface area contributed by atoms with Crippen LogP contribution in [0.1, 0.15) is 113 Å². The van der Waals surface area contributed by atoms with Crippen molar-refractivity contribution in [1.29, 1.82) is 0 Å².